The van der Waals surface area contributed by atoms with E-state index in [2.05, 4.69) is 14.9 Å². The van der Waals surface area contributed by atoms with Crippen LogP contribution in [0.2, 0.25) is 0 Å². The van der Waals surface area contributed by atoms with Gasteiger partial charge in [-0.15, -0.1) is 0 Å². The third kappa shape index (κ3) is 2.65. The fraction of sp³-hybridized carbons (Fsp3) is 0.600. The van der Waals surface area contributed by atoms with Crippen LogP contribution >= 0.6 is 0 Å². The van der Waals surface area contributed by atoms with Crippen molar-refractivity contribution in [1.82, 2.24) is 9.97 Å². The van der Waals surface area contributed by atoms with E-state index < -0.39 is 0 Å². The van der Waals surface area contributed by atoms with Crippen molar-refractivity contribution in [3.63, 3.8) is 0 Å². The van der Waals surface area contributed by atoms with Gasteiger partial charge in [0.05, 0.1) is 0 Å². The van der Waals surface area contributed by atoms with Crippen molar-refractivity contribution < 1.29 is 4.92 Å². The third-order valence-corrected chi connectivity index (χ3v) is 2.63. The Morgan fingerprint density at radius 3 is 2.81 bits per heavy atom. The zero-order valence-electron chi connectivity index (χ0n) is 9.00. The van der Waals surface area contributed by atoms with Gasteiger partial charge in [-0.25, -0.2) is 9.97 Å². The smallest absolute Gasteiger partial charge is 0.245 e. The summed E-state index contributed by atoms with van der Waals surface area (Å²) < 4.78 is 0. The first-order chi connectivity index (χ1) is 7.75. The van der Waals surface area contributed by atoms with Gasteiger partial charge in [0.15, 0.2) is 0 Å². The highest BCUT2D eigenvalue weighted by Crippen LogP contribution is 2.15. The number of hydrogen-bond acceptors (Lipinski definition) is 5. The Morgan fingerprint density at radius 1 is 1.38 bits per heavy atom. The molecule has 6 nitrogen and oxygen atoms in total. The van der Waals surface area contributed by atoms with E-state index in [4.69, 9.17) is 0 Å². The van der Waals surface area contributed by atoms with Gasteiger partial charge in [0.25, 0.3) is 0 Å². The number of aromatic nitrogens is 2. The van der Waals surface area contributed by atoms with E-state index in [1.807, 2.05) is 0 Å². The van der Waals surface area contributed by atoms with Crippen molar-refractivity contribution in [2.24, 2.45) is 0 Å². The van der Waals surface area contributed by atoms with Gasteiger partial charge in [-0.05, 0) is 25.3 Å². The molecular formula is C10H14N4O2. The lowest BCUT2D eigenvalue weighted by Crippen LogP contribution is -2.31. The summed E-state index contributed by atoms with van der Waals surface area (Å²) in [6, 6.07) is 1.59. The van der Waals surface area contributed by atoms with Crippen LogP contribution in [0.15, 0.2) is 12.3 Å². The molecule has 0 spiro atoms. The number of nitro groups is 1. The molecule has 1 aromatic rings. The van der Waals surface area contributed by atoms with Gasteiger partial charge in [-0.3, -0.25) is 10.1 Å². The van der Waals surface area contributed by atoms with E-state index in [0.29, 0.717) is 11.6 Å². The summed E-state index contributed by atoms with van der Waals surface area (Å²) in [4.78, 5) is 20.5. The normalized spacial score (nSPS) is 16.1. The Labute approximate surface area is 93.5 Å². The van der Waals surface area contributed by atoms with E-state index >= 15 is 0 Å². The minimum absolute atomic E-state index is 0.233. The monoisotopic (exact) mass is 222 g/mol. The molecule has 0 bridgehead atoms. The van der Waals surface area contributed by atoms with Gasteiger partial charge in [0, 0.05) is 24.2 Å². The summed E-state index contributed by atoms with van der Waals surface area (Å²) in [5.41, 5.74) is 0.473. The molecule has 16 heavy (non-hydrogen) atoms. The maximum absolute atomic E-state index is 10.4. The lowest BCUT2D eigenvalue weighted by Gasteiger charge is -2.26. The van der Waals surface area contributed by atoms with Crippen LogP contribution in [0.4, 0.5) is 5.95 Å². The van der Waals surface area contributed by atoms with E-state index in [-0.39, 0.29) is 11.5 Å². The first-order valence-corrected chi connectivity index (χ1v) is 5.44. The molecule has 1 aliphatic rings. The largest absolute Gasteiger partial charge is 0.341 e. The van der Waals surface area contributed by atoms with Crippen molar-refractivity contribution in [2.75, 3.05) is 18.0 Å². The predicted molar refractivity (Wildman–Crippen MR) is 58.8 cm³/mol. The van der Waals surface area contributed by atoms with Crippen LogP contribution in [0.1, 0.15) is 25.0 Å². The third-order valence-electron chi connectivity index (χ3n) is 2.63. The maximum Gasteiger partial charge on any atom is 0.245 e. The van der Waals surface area contributed by atoms with E-state index in [1.165, 1.54) is 6.42 Å². The quantitative estimate of drug-likeness (QED) is 0.568. The van der Waals surface area contributed by atoms with E-state index in [1.54, 1.807) is 12.3 Å². The highest BCUT2D eigenvalue weighted by molar-refractivity contribution is 5.30. The topological polar surface area (TPSA) is 72.2 Å². The molecule has 0 atom stereocenters. The molecule has 6 heteroatoms. The fourth-order valence-electron chi connectivity index (χ4n) is 1.85. The molecule has 0 N–H and O–H groups in total. The van der Waals surface area contributed by atoms with Gasteiger partial charge in [-0.2, -0.15) is 0 Å². The standard InChI is InChI=1S/C10H14N4O2/c15-14(16)8-9-4-5-11-10(12-9)13-6-2-1-3-7-13/h4-5H,1-3,6-8H2. The van der Waals surface area contributed by atoms with Crippen LogP contribution in [0.3, 0.4) is 0 Å². The van der Waals surface area contributed by atoms with Crippen LogP contribution in [0.5, 0.6) is 0 Å². The second-order valence-corrected chi connectivity index (χ2v) is 3.89. The molecule has 1 aromatic heterocycles. The average Bonchev–Trinajstić information content (AvgIpc) is 2.30. The molecule has 1 saturated heterocycles. The second-order valence-electron chi connectivity index (χ2n) is 3.89. The summed E-state index contributed by atoms with van der Waals surface area (Å²) >= 11 is 0. The van der Waals surface area contributed by atoms with Crippen LogP contribution in [0, 0.1) is 10.1 Å². The summed E-state index contributed by atoms with van der Waals surface area (Å²) in [5, 5.41) is 10.4. The molecule has 0 saturated carbocycles. The van der Waals surface area contributed by atoms with Crippen molar-refractivity contribution >= 4 is 5.95 Å². The average molecular weight is 222 g/mol. The molecule has 0 radical (unpaired) electrons. The minimum Gasteiger partial charge on any atom is -0.341 e. The highest BCUT2D eigenvalue weighted by Gasteiger charge is 2.14. The Morgan fingerprint density at radius 2 is 2.12 bits per heavy atom. The van der Waals surface area contributed by atoms with Gasteiger partial charge >= 0.3 is 0 Å². The van der Waals surface area contributed by atoms with Crippen molar-refractivity contribution in [2.45, 2.75) is 25.8 Å². The van der Waals surface area contributed by atoms with E-state index in [0.717, 1.165) is 25.9 Å². The number of hydrogen-bond donors (Lipinski definition) is 0. The first-order valence-electron chi connectivity index (χ1n) is 5.44. The van der Waals surface area contributed by atoms with Crippen molar-refractivity contribution in [3.8, 4) is 0 Å². The van der Waals surface area contributed by atoms with Gasteiger partial charge in [-0.1, -0.05) is 0 Å². The lowest BCUT2D eigenvalue weighted by atomic mass is 10.1. The zero-order chi connectivity index (χ0) is 11.4. The van der Waals surface area contributed by atoms with Crippen LogP contribution < -0.4 is 4.90 Å². The minimum atomic E-state index is -0.373. The van der Waals surface area contributed by atoms with Gasteiger partial charge in [0.2, 0.25) is 12.5 Å². The summed E-state index contributed by atoms with van der Waals surface area (Å²) in [5.74, 6) is 0.624. The van der Waals surface area contributed by atoms with Gasteiger partial charge in [0.1, 0.15) is 5.69 Å². The second kappa shape index (κ2) is 4.87. The molecule has 0 aliphatic carbocycles. The molecule has 1 fully saturated rings. The Hall–Kier alpha value is -1.72. The number of anilines is 1. The maximum atomic E-state index is 10.4. The molecule has 0 amide bonds. The van der Waals surface area contributed by atoms with Crippen LogP contribution in [0.25, 0.3) is 0 Å². The lowest BCUT2D eigenvalue weighted by molar-refractivity contribution is -0.497. The van der Waals surface area contributed by atoms with Crippen molar-refractivity contribution in [1.29, 1.82) is 0 Å². The first kappa shape index (κ1) is 10.8. The SMILES string of the molecule is O=[N+]([O-])Cc1ccnc(N2CCCCC2)n1. The van der Waals surface area contributed by atoms with E-state index in [9.17, 15) is 10.1 Å². The summed E-state index contributed by atoms with van der Waals surface area (Å²) in [6.07, 6.45) is 5.12. The van der Waals surface area contributed by atoms with Crippen LogP contribution in [-0.4, -0.2) is 28.0 Å². The number of piperidine rings is 1. The van der Waals surface area contributed by atoms with Gasteiger partial charge < -0.3 is 4.90 Å². The Kier molecular flexibility index (Phi) is 3.28. The van der Waals surface area contributed by atoms with Crippen molar-refractivity contribution in [3.05, 3.63) is 28.1 Å². The molecule has 86 valence electrons. The molecular weight excluding hydrogens is 208 g/mol. The summed E-state index contributed by atoms with van der Waals surface area (Å²) in [7, 11) is 0. The Bertz CT molecular complexity index is 377. The number of rotatable bonds is 3. The van der Waals surface area contributed by atoms with Crippen LogP contribution in [-0.2, 0) is 6.54 Å². The summed E-state index contributed by atoms with van der Waals surface area (Å²) in [6.45, 7) is 1.66. The number of nitrogens with zero attached hydrogens (tertiary/aromatic N) is 4. The Balaban J connectivity index is 2.11. The molecule has 1 aliphatic heterocycles. The predicted octanol–water partition coefficient (Wildman–Crippen LogP) is 1.24. The zero-order valence-corrected chi connectivity index (χ0v) is 9.00. The fourth-order valence-corrected chi connectivity index (χ4v) is 1.85. The molecule has 2 rings (SSSR count). The highest BCUT2D eigenvalue weighted by atomic mass is 16.6. The molecule has 2 heterocycles. The molecule has 0 unspecified atom stereocenters. The molecule has 0 aromatic carbocycles.